The highest BCUT2D eigenvalue weighted by molar-refractivity contribution is 6.09. The third kappa shape index (κ3) is 6.99. The fourth-order valence-electron chi connectivity index (χ4n) is 3.37. The number of allylic oxidation sites excluding steroid dienone is 1. The Kier molecular flexibility index (Phi) is 8.15. The molecule has 0 aliphatic carbocycles. The molecular weight excluding hydrogens is 428 g/mol. The maximum Gasteiger partial charge on any atom is 0.187 e. The van der Waals surface area contributed by atoms with E-state index >= 15 is 0 Å². The number of carbonyl (C=O) groups is 1. The summed E-state index contributed by atoms with van der Waals surface area (Å²) in [5.74, 6) is 11.8. The zero-order chi connectivity index (χ0) is 24.1. The van der Waals surface area contributed by atoms with Gasteiger partial charge < -0.3 is 10.6 Å². The Hall–Kier alpha value is -4.99. The Labute approximate surface area is 206 Å². The molecule has 2 N–H and O–H groups in total. The van der Waals surface area contributed by atoms with Crippen LogP contribution in [0.25, 0.3) is 5.70 Å². The van der Waals surface area contributed by atoms with Crippen molar-refractivity contribution in [1.29, 1.82) is 0 Å². The third-order valence-electron chi connectivity index (χ3n) is 5.11. The van der Waals surface area contributed by atoms with Crippen molar-refractivity contribution in [3.05, 3.63) is 138 Å². The first kappa shape index (κ1) is 23.2. The first-order valence-electron chi connectivity index (χ1n) is 11.3. The molecule has 4 aromatic rings. The van der Waals surface area contributed by atoms with E-state index in [0.29, 0.717) is 17.8 Å². The van der Waals surface area contributed by atoms with Crippen LogP contribution >= 0.6 is 0 Å². The highest BCUT2D eigenvalue weighted by atomic mass is 16.1. The van der Waals surface area contributed by atoms with Gasteiger partial charge in [-0.2, -0.15) is 0 Å². The van der Waals surface area contributed by atoms with Crippen LogP contribution in [0.15, 0.2) is 121 Å². The van der Waals surface area contributed by atoms with Crippen molar-refractivity contribution in [2.75, 3.05) is 17.2 Å². The van der Waals surface area contributed by atoms with Crippen molar-refractivity contribution in [3.8, 4) is 23.7 Å². The van der Waals surface area contributed by atoms with Crippen LogP contribution in [0.4, 0.5) is 11.4 Å². The van der Waals surface area contributed by atoms with Crippen LogP contribution in [0.3, 0.4) is 0 Å². The third-order valence-corrected chi connectivity index (χ3v) is 5.11. The normalized spacial score (nSPS) is 10.2. The summed E-state index contributed by atoms with van der Waals surface area (Å²) in [5.41, 5.74) is 4.94. The Morgan fingerprint density at radius 1 is 0.657 bits per heavy atom. The summed E-state index contributed by atoms with van der Waals surface area (Å²) in [5, 5.41) is 6.78. The molecule has 168 valence electrons. The number of benzene rings is 4. The quantitative estimate of drug-likeness (QED) is 0.191. The molecule has 3 nitrogen and oxygen atoms in total. The van der Waals surface area contributed by atoms with Gasteiger partial charge in [0.1, 0.15) is 0 Å². The van der Waals surface area contributed by atoms with Gasteiger partial charge in [-0.05, 0) is 41.7 Å². The number of rotatable bonds is 7. The maximum absolute atomic E-state index is 12.9. The van der Waals surface area contributed by atoms with Gasteiger partial charge in [-0.25, -0.2) is 0 Å². The molecule has 0 amide bonds. The summed E-state index contributed by atoms with van der Waals surface area (Å²) in [4.78, 5) is 12.9. The smallest absolute Gasteiger partial charge is 0.187 e. The molecule has 0 fully saturated rings. The molecule has 3 heteroatoms. The first-order chi connectivity index (χ1) is 17.3. The SMILES string of the molecule is O=C(C=C(Nc1ccccc1NCC#CC#Cc1ccccc1)c1ccccc1)c1ccccc1. The first-order valence-corrected chi connectivity index (χ1v) is 11.3. The molecule has 0 spiro atoms. The molecule has 0 heterocycles. The highest BCUT2D eigenvalue weighted by Crippen LogP contribution is 2.26. The Morgan fingerprint density at radius 2 is 1.23 bits per heavy atom. The van der Waals surface area contributed by atoms with Gasteiger partial charge in [-0.3, -0.25) is 4.79 Å². The van der Waals surface area contributed by atoms with E-state index < -0.39 is 0 Å². The van der Waals surface area contributed by atoms with E-state index in [1.54, 1.807) is 6.08 Å². The summed E-state index contributed by atoms with van der Waals surface area (Å²) >= 11 is 0. The molecule has 0 aromatic heterocycles. The number of nitrogens with one attached hydrogen (secondary N) is 2. The zero-order valence-electron chi connectivity index (χ0n) is 19.2. The monoisotopic (exact) mass is 452 g/mol. The number of hydrogen-bond donors (Lipinski definition) is 2. The lowest BCUT2D eigenvalue weighted by Gasteiger charge is -2.15. The molecular formula is C32H24N2O. The van der Waals surface area contributed by atoms with Gasteiger partial charge in [-0.15, -0.1) is 0 Å². The van der Waals surface area contributed by atoms with Crippen LogP contribution in [0.5, 0.6) is 0 Å². The largest absolute Gasteiger partial charge is 0.372 e. The van der Waals surface area contributed by atoms with Gasteiger partial charge in [0, 0.05) is 22.9 Å². The Morgan fingerprint density at radius 3 is 1.91 bits per heavy atom. The van der Waals surface area contributed by atoms with Gasteiger partial charge in [0.25, 0.3) is 0 Å². The minimum Gasteiger partial charge on any atom is -0.372 e. The fourth-order valence-corrected chi connectivity index (χ4v) is 3.37. The maximum atomic E-state index is 12.9. The summed E-state index contributed by atoms with van der Waals surface area (Å²) in [6, 6.07) is 36.7. The number of anilines is 2. The zero-order valence-corrected chi connectivity index (χ0v) is 19.2. The van der Waals surface area contributed by atoms with Gasteiger partial charge >= 0.3 is 0 Å². The van der Waals surface area contributed by atoms with Crippen LogP contribution in [0.1, 0.15) is 21.5 Å². The average Bonchev–Trinajstić information content (AvgIpc) is 2.92. The van der Waals surface area contributed by atoms with Crippen molar-refractivity contribution in [2.45, 2.75) is 0 Å². The van der Waals surface area contributed by atoms with Gasteiger partial charge in [0.15, 0.2) is 5.78 Å². The molecule has 0 unspecified atom stereocenters. The number of para-hydroxylation sites is 2. The molecule has 0 radical (unpaired) electrons. The Bertz CT molecular complexity index is 1420. The minimum absolute atomic E-state index is 0.0646. The van der Waals surface area contributed by atoms with Gasteiger partial charge in [0.05, 0.1) is 17.9 Å². The fraction of sp³-hybridized carbons (Fsp3) is 0.0312. The van der Waals surface area contributed by atoms with Crippen molar-refractivity contribution < 1.29 is 4.79 Å². The second-order valence-corrected chi connectivity index (χ2v) is 7.60. The van der Waals surface area contributed by atoms with E-state index in [9.17, 15) is 4.79 Å². The lowest BCUT2D eigenvalue weighted by molar-refractivity contribution is 0.104. The van der Waals surface area contributed by atoms with Crippen LogP contribution in [0, 0.1) is 23.7 Å². The molecule has 0 atom stereocenters. The van der Waals surface area contributed by atoms with E-state index in [0.717, 1.165) is 22.5 Å². The van der Waals surface area contributed by atoms with Crippen molar-refractivity contribution in [3.63, 3.8) is 0 Å². The summed E-state index contributed by atoms with van der Waals surface area (Å²) in [6.07, 6.45) is 1.64. The van der Waals surface area contributed by atoms with Crippen molar-refractivity contribution in [1.82, 2.24) is 0 Å². The van der Waals surface area contributed by atoms with E-state index in [1.807, 2.05) is 115 Å². The van der Waals surface area contributed by atoms with Crippen molar-refractivity contribution in [2.24, 2.45) is 0 Å². The minimum atomic E-state index is -0.0646. The molecule has 4 rings (SSSR count). The second kappa shape index (κ2) is 12.3. The second-order valence-electron chi connectivity index (χ2n) is 7.60. The molecule has 35 heavy (non-hydrogen) atoms. The van der Waals surface area contributed by atoms with Crippen molar-refractivity contribution >= 4 is 22.9 Å². The Balaban J connectivity index is 1.51. The van der Waals surface area contributed by atoms with Gasteiger partial charge in [0.2, 0.25) is 0 Å². The number of hydrogen-bond acceptors (Lipinski definition) is 3. The van der Waals surface area contributed by atoms with Crippen LogP contribution in [0.2, 0.25) is 0 Å². The summed E-state index contributed by atoms with van der Waals surface area (Å²) in [6.45, 7) is 0.440. The number of carbonyl (C=O) groups excluding carboxylic acids is 1. The average molecular weight is 453 g/mol. The van der Waals surface area contributed by atoms with E-state index in [4.69, 9.17) is 0 Å². The van der Waals surface area contributed by atoms with Crippen LogP contribution < -0.4 is 10.6 Å². The van der Waals surface area contributed by atoms with E-state index in [2.05, 4.69) is 34.3 Å². The van der Waals surface area contributed by atoms with Crippen LogP contribution in [-0.2, 0) is 0 Å². The van der Waals surface area contributed by atoms with Crippen LogP contribution in [-0.4, -0.2) is 12.3 Å². The van der Waals surface area contributed by atoms with E-state index in [-0.39, 0.29) is 5.78 Å². The lowest BCUT2D eigenvalue weighted by atomic mass is 10.1. The molecule has 0 aliphatic rings. The van der Waals surface area contributed by atoms with E-state index in [1.165, 1.54) is 0 Å². The molecule has 0 saturated heterocycles. The molecule has 4 aromatic carbocycles. The highest BCUT2D eigenvalue weighted by Gasteiger charge is 2.09. The molecule has 0 bridgehead atoms. The van der Waals surface area contributed by atoms with Gasteiger partial charge in [-0.1, -0.05) is 103 Å². The predicted octanol–water partition coefficient (Wildman–Crippen LogP) is 6.49. The predicted molar refractivity (Wildman–Crippen MR) is 145 cm³/mol. The topological polar surface area (TPSA) is 41.1 Å². The lowest BCUT2D eigenvalue weighted by Crippen LogP contribution is -2.07. The molecule has 0 saturated carbocycles. The summed E-state index contributed by atoms with van der Waals surface area (Å²) < 4.78 is 0. The molecule has 0 aliphatic heterocycles. The number of ketones is 1. The summed E-state index contributed by atoms with van der Waals surface area (Å²) in [7, 11) is 0. The standard InChI is InChI=1S/C32H24N2O/c35-32(28-20-10-3-11-21-28)25-31(27-18-8-2-9-19-27)34-30-23-13-12-22-29(30)33-24-14-4-7-17-26-15-5-1-6-16-26/h1-3,5-6,8-13,15-16,18-23,25,33-34H,24H2.